The number of nitrogens with zero attached hydrogens (tertiary/aromatic N) is 2. The third-order valence-corrected chi connectivity index (χ3v) is 2.87. The average Bonchev–Trinajstić information content (AvgIpc) is 2.37. The molecule has 0 atom stereocenters. The molecule has 0 radical (unpaired) electrons. The fraction of sp³-hybridized carbons (Fsp3) is 0.0769. The molecule has 0 spiro atoms. The summed E-state index contributed by atoms with van der Waals surface area (Å²) in [6.45, 7) is 1.87. The fourth-order valence-corrected chi connectivity index (χ4v) is 1.96. The van der Waals surface area contributed by atoms with Crippen molar-refractivity contribution in [1.29, 1.82) is 0 Å². The van der Waals surface area contributed by atoms with Gasteiger partial charge in [0.15, 0.2) is 0 Å². The first-order valence-electron chi connectivity index (χ1n) is 5.33. The van der Waals surface area contributed by atoms with Crippen LogP contribution in [0, 0.1) is 0 Å². The highest BCUT2D eigenvalue weighted by Crippen LogP contribution is 2.21. The van der Waals surface area contributed by atoms with Crippen LogP contribution in [0.25, 0.3) is 0 Å². The smallest absolute Gasteiger partial charge is 0.146 e. The second-order valence-corrected chi connectivity index (χ2v) is 4.49. The number of aromatic nitrogens is 1. The zero-order valence-corrected chi connectivity index (χ0v) is 11.2. The van der Waals surface area contributed by atoms with Crippen molar-refractivity contribution in [3.8, 4) is 0 Å². The number of benzene rings is 1. The maximum Gasteiger partial charge on any atom is 0.146 e. The highest BCUT2D eigenvalue weighted by Gasteiger charge is 2.04. The van der Waals surface area contributed by atoms with Crippen LogP contribution >= 0.6 is 23.2 Å². The molecule has 1 heterocycles. The van der Waals surface area contributed by atoms with E-state index >= 15 is 0 Å². The summed E-state index contributed by atoms with van der Waals surface area (Å²) >= 11 is 11.9. The van der Waals surface area contributed by atoms with Crippen molar-refractivity contribution in [2.75, 3.05) is 5.43 Å². The van der Waals surface area contributed by atoms with Crippen LogP contribution in [0.4, 0.5) is 5.82 Å². The first-order valence-corrected chi connectivity index (χ1v) is 6.09. The molecule has 0 fully saturated rings. The molecule has 0 saturated carbocycles. The van der Waals surface area contributed by atoms with Crippen LogP contribution in [-0.4, -0.2) is 10.7 Å². The van der Waals surface area contributed by atoms with Gasteiger partial charge in [0, 0.05) is 16.8 Å². The van der Waals surface area contributed by atoms with Gasteiger partial charge in [-0.25, -0.2) is 4.98 Å². The lowest BCUT2D eigenvalue weighted by Gasteiger charge is -2.05. The molecule has 92 valence electrons. The number of hydrazone groups is 1. The van der Waals surface area contributed by atoms with Crippen LogP contribution in [0.2, 0.25) is 10.0 Å². The van der Waals surface area contributed by atoms with E-state index in [4.69, 9.17) is 23.2 Å². The summed E-state index contributed by atoms with van der Waals surface area (Å²) in [5.41, 5.74) is 4.47. The average molecular weight is 280 g/mol. The molecule has 3 nitrogen and oxygen atoms in total. The predicted molar refractivity (Wildman–Crippen MR) is 76.5 cm³/mol. The molecule has 1 N–H and O–H groups in total. The number of hydrogen-bond donors (Lipinski definition) is 1. The number of anilines is 1. The number of hydrogen-bond acceptors (Lipinski definition) is 3. The molecule has 18 heavy (non-hydrogen) atoms. The third kappa shape index (κ3) is 3.22. The van der Waals surface area contributed by atoms with E-state index in [0.717, 1.165) is 11.3 Å². The van der Waals surface area contributed by atoms with E-state index in [1.54, 1.807) is 18.3 Å². The molecule has 0 bridgehead atoms. The van der Waals surface area contributed by atoms with Gasteiger partial charge in [0.05, 0.1) is 10.7 Å². The van der Waals surface area contributed by atoms with Crippen LogP contribution in [0.5, 0.6) is 0 Å². The van der Waals surface area contributed by atoms with Gasteiger partial charge >= 0.3 is 0 Å². The Labute approximate surface area is 115 Å². The zero-order valence-electron chi connectivity index (χ0n) is 9.69. The second kappa shape index (κ2) is 5.85. The van der Waals surface area contributed by atoms with Crippen LogP contribution in [0.15, 0.2) is 47.7 Å². The van der Waals surface area contributed by atoms with Crippen LogP contribution in [-0.2, 0) is 0 Å². The van der Waals surface area contributed by atoms with Gasteiger partial charge in [-0.2, -0.15) is 5.10 Å². The Balaban J connectivity index is 2.18. The summed E-state index contributed by atoms with van der Waals surface area (Å²) in [5, 5.41) is 5.41. The highest BCUT2D eigenvalue weighted by atomic mass is 35.5. The van der Waals surface area contributed by atoms with Crippen LogP contribution in [0.1, 0.15) is 12.5 Å². The fourth-order valence-electron chi connectivity index (χ4n) is 1.41. The molecule has 0 saturated heterocycles. The molecule has 0 unspecified atom stereocenters. The third-order valence-electron chi connectivity index (χ3n) is 2.32. The number of halogens is 2. The van der Waals surface area contributed by atoms with Crippen molar-refractivity contribution < 1.29 is 0 Å². The summed E-state index contributed by atoms with van der Waals surface area (Å²) in [4.78, 5) is 4.11. The lowest BCUT2D eigenvalue weighted by Crippen LogP contribution is -2.01. The Morgan fingerprint density at radius 2 is 2.06 bits per heavy atom. The lowest BCUT2D eigenvalue weighted by atomic mass is 10.1. The topological polar surface area (TPSA) is 37.3 Å². The summed E-state index contributed by atoms with van der Waals surface area (Å²) in [6.07, 6.45) is 1.70. The van der Waals surface area contributed by atoms with Gasteiger partial charge in [-0.3, -0.25) is 5.43 Å². The zero-order chi connectivity index (χ0) is 13.0. The standard InChI is InChI=1S/C13H11Cl2N3/c1-9(11-6-5-10(14)8-12(11)15)17-18-13-4-2-3-7-16-13/h2-8H,1H3,(H,16,18)/b17-9-. The van der Waals surface area contributed by atoms with Crippen molar-refractivity contribution in [2.45, 2.75) is 6.92 Å². The molecular formula is C13H11Cl2N3. The summed E-state index contributed by atoms with van der Waals surface area (Å²) in [6, 6.07) is 10.9. The van der Waals surface area contributed by atoms with E-state index in [0.29, 0.717) is 15.9 Å². The maximum absolute atomic E-state index is 6.10. The normalized spacial score (nSPS) is 11.4. The van der Waals surface area contributed by atoms with Crippen molar-refractivity contribution >= 4 is 34.7 Å². The van der Waals surface area contributed by atoms with Crippen LogP contribution < -0.4 is 5.43 Å². The Hall–Kier alpha value is -1.58. The van der Waals surface area contributed by atoms with Crippen molar-refractivity contribution in [1.82, 2.24) is 4.98 Å². The van der Waals surface area contributed by atoms with Gasteiger partial charge in [0.25, 0.3) is 0 Å². The molecule has 2 rings (SSSR count). The van der Waals surface area contributed by atoms with Gasteiger partial charge in [-0.05, 0) is 31.2 Å². The minimum absolute atomic E-state index is 0.576. The monoisotopic (exact) mass is 279 g/mol. The predicted octanol–water partition coefficient (Wildman–Crippen LogP) is 4.22. The van der Waals surface area contributed by atoms with E-state index in [2.05, 4.69) is 15.5 Å². The largest absolute Gasteiger partial charge is 0.261 e. The first kappa shape index (κ1) is 12.9. The molecule has 0 aliphatic carbocycles. The maximum atomic E-state index is 6.10. The second-order valence-electron chi connectivity index (χ2n) is 3.65. The molecule has 0 amide bonds. The van der Waals surface area contributed by atoms with Gasteiger partial charge in [-0.1, -0.05) is 35.3 Å². The van der Waals surface area contributed by atoms with Crippen molar-refractivity contribution in [3.63, 3.8) is 0 Å². The van der Waals surface area contributed by atoms with Gasteiger partial charge in [0.1, 0.15) is 5.82 Å². The van der Waals surface area contributed by atoms with Gasteiger partial charge < -0.3 is 0 Å². The number of nitrogens with one attached hydrogen (secondary N) is 1. The molecule has 1 aromatic heterocycles. The molecular weight excluding hydrogens is 269 g/mol. The minimum Gasteiger partial charge on any atom is -0.261 e. The van der Waals surface area contributed by atoms with Gasteiger partial charge in [-0.15, -0.1) is 0 Å². The van der Waals surface area contributed by atoms with E-state index < -0.39 is 0 Å². The molecule has 5 heteroatoms. The summed E-state index contributed by atoms with van der Waals surface area (Å²) < 4.78 is 0. The van der Waals surface area contributed by atoms with Crippen LogP contribution in [0.3, 0.4) is 0 Å². The molecule has 0 aliphatic rings. The molecule has 0 aliphatic heterocycles. The molecule has 1 aromatic carbocycles. The van der Waals surface area contributed by atoms with Crippen molar-refractivity contribution in [3.05, 3.63) is 58.2 Å². The van der Waals surface area contributed by atoms with Gasteiger partial charge in [0.2, 0.25) is 0 Å². The Morgan fingerprint density at radius 1 is 1.22 bits per heavy atom. The SMILES string of the molecule is C/C(=N/Nc1ccccn1)c1ccc(Cl)cc1Cl. The molecule has 2 aromatic rings. The first-order chi connectivity index (χ1) is 8.66. The lowest BCUT2D eigenvalue weighted by molar-refractivity contribution is 1.22. The number of pyridine rings is 1. The Bertz CT molecular complexity index is 568. The Morgan fingerprint density at radius 3 is 2.72 bits per heavy atom. The minimum atomic E-state index is 0.576. The number of rotatable bonds is 3. The van der Waals surface area contributed by atoms with E-state index in [9.17, 15) is 0 Å². The summed E-state index contributed by atoms with van der Waals surface area (Å²) in [7, 11) is 0. The Kier molecular flexibility index (Phi) is 4.18. The van der Waals surface area contributed by atoms with E-state index in [1.165, 1.54) is 0 Å². The highest BCUT2D eigenvalue weighted by molar-refractivity contribution is 6.37. The van der Waals surface area contributed by atoms with Crippen molar-refractivity contribution in [2.24, 2.45) is 5.10 Å². The quantitative estimate of drug-likeness (QED) is 0.675. The van der Waals surface area contributed by atoms with E-state index in [1.807, 2.05) is 31.2 Å². The van der Waals surface area contributed by atoms with E-state index in [-0.39, 0.29) is 0 Å². The summed E-state index contributed by atoms with van der Waals surface area (Å²) in [5.74, 6) is 0.682.